The third-order valence-corrected chi connectivity index (χ3v) is 5.88. The van der Waals surface area contributed by atoms with Crippen LogP contribution in [0.15, 0.2) is 66.9 Å². The maximum Gasteiger partial charge on any atom is 0.235 e. The number of aromatic nitrogens is 1. The fourth-order valence-corrected chi connectivity index (χ4v) is 3.75. The molecular formula is C22H22ClN3O3. The first-order chi connectivity index (χ1) is 13.8. The van der Waals surface area contributed by atoms with Crippen LogP contribution in [0.25, 0.3) is 11.3 Å². The molecule has 3 rings (SSSR count). The van der Waals surface area contributed by atoms with Gasteiger partial charge in [0.05, 0.1) is 11.1 Å². The lowest BCUT2D eigenvalue weighted by atomic mass is 9.66. The van der Waals surface area contributed by atoms with E-state index >= 15 is 0 Å². The number of nitrogens with zero attached hydrogens (tertiary/aromatic N) is 1. The van der Waals surface area contributed by atoms with Gasteiger partial charge < -0.3 is 16.6 Å². The Kier molecular flexibility index (Phi) is 5.59. The van der Waals surface area contributed by atoms with Crippen LogP contribution < -0.4 is 11.5 Å². The van der Waals surface area contributed by atoms with Crippen molar-refractivity contribution in [2.45, 2.75) is 12.3 Å². The highest BCUT2D eigenvalue weighted by Crippen LogP contribution is 2.42. The first-order valence-electron chi connectivity index (χ1n) is 9.09. The number of rotatable bonds is 6. The van der Waals surface area contributed by atoms with E-state index in [1.54, 1.807) is 61.7 Å². The van der Waals surface area contributed by atoms with E-state index in [4.69, 9.17) is 23.1 Å². The Hall–Kier alpha value is -2.96. The quantitative estimate of drug-likeness (QED) is 0.632. The van der Waals surface area contributed by atoms with Crippen LogP contribution in [0.1, 0.15) is 12.5 Å². The highest BCUT2D eigenvalue weighted by atomic mass is 35.5. The summed E-state index contributed by atoms with van der Waals surface area (Å²) in [6.45, 7) is 1.46. The highest BCUT2D eigenvalue weighted by molar-refractivity contribution is 6.33. The molecule has 0 radical (unpaired) electrons. The van der Waals surface area contributed by atoms with Gasteiger partial charge in [-0.15, -0.1) is 0 Å². The molecule has 2 aromatic rings. The normalized spacial score (nSPS) is 24.2. The summed E-state index contributed by atoms with van der Waals surface area (Å²) < 4.78 is 0. The number of primary amides is 2. The largest absolute Gasteiger partial charge is 0.396 e. The van der Waals surface area contributed by atoms with Crippen molar-refractivity contribution in [1.82, 2.24) is 4.98 Å². The van der Waals surface area contributed by atoms with Crippen molar-refractivity contribution in [3.05, 3.63) is 77.5 Å². The lowest BCUT2D eigenvalue weighted by Crippen LogP contribution is -2.46. The zero-order valence-corrected chi connectivity index (χ0v) is 16.6. The zero-order chi connectivity index (χ0) is 21.2. The van der Waals surface area contributed by atoms with Crippen molar-refractivity contribution < 1.29 is 14.7 Å². The van der Waals surface area contributed by atoms with Gasteiger partial charge in [0.2, 0.25) is 11.8 Å². The predicted molar refractivity (Wildman–Crippen MR) is 112 cm³/mol. The van der Waals surface area contributed by atoms with Crippen molar-refractivity contribution in [3.8, 4) is 11.3 Å². The van der Waals surface area contributed by atoms with Gasteiger partial charge >= 0.3 is 0 Å². The average Bonchev–Trinajstić information content (AvgIpc) is 2.73. The van der Waals surface area contributed by atoms with E-state index in [-0.39, 0.29) is 6.61 Å². The fraction of sp³-hybridized carbons (Fsp3) is 0.227. The lowest BCUT2D eigenvalue weighted by Gasteiger charge is -2.36. The first-order valence-corrected chi connectivity index (χ1v) is 9.47. The first kappa shape index (κ1) is 20.8. The van der Waals surface area contributed by atoms with E-state index in [9.17, 15) is 14.7 Å². The smallest absolute Gasteiger partial charge is 0.235 e. The molecule has 1 aliphatic carbocycles. The van der Waals surface area contributed by atoms with Crippen LogP contribution in [0, 0.1) is 11.3 Å². The average molecular weight is 412 g/mol. The van der Waals surface area contributed by atoms with E-state index in [0.717, 1.165) is 0 Å². The van der Waals surface area contributed by atoms with Gasteiger partial charge in [-0.2, -0.15) is 0 Å². The number of pyridine rings is 1. The summed E-state index contributed by atoms with van der Waals surface area (Å²) in [4.78, 5) is 29.0. The Balaban J connectivity index is 2.14. The Morgan fingerprint density at radius 1 is 1.10 bits per heavy atom. The number of amides is 2. The third-order valence-electron chi connectivity index (χ3n) is 5.55. The maximum atomic E-state index is 12.5. The van der Waals surface area contributed by atoms with E-state index in [0.29, 0.717) is 21.8 Å². The zero-order valence-electron chi connectivity index (χ0n) is 15.9. The van der Waals surface area contributed by atoms with Gasteiger partial charge in [0.15, 0.2) is 0 Å². The molecule has 0 saturated heterocycles. The molecule has 2 amide bonds. The molecule has 0 aliphatic heterocycles. The number of hydrogen-bond acceptors (Lipinski definition) is 4. The molecule has 0 fully saturated rings. The van der Waals surface area contributed by atoms with Crippen molar-refractivity contribution in [2.24, 2.45) is 22.8 Å². The number of aliphatic hydroxyl groups excluding tert-OH is 1. The topological polar surface area (TPSA) is 119 Å². The van der Waals surface area contributed by atoms with Gasteiger partial charge in [-0.25, -0.2) is 0 Å². The summed E-state index contributed by atoms with van der Waals surface area (Å²) in [6, 6.07) is 10.6. The molecular weight excluding hydrogens is 390 g/mol. The van der Waals surface area contributed by atoms with E-state index in [1.165, 1.54) is 0 Å². The number of halogens is 1. The van der Waals surface area contributed by atoms with Gasteiger partial charge in [0.25, 0.3) is 0 Å². The molecule has 1 aromatic carbocycles. The molecule has 5 N–H and O–H groups in total. The van der Waals surface area contributed by atoms with Gasteiger partial charge in [0.1, 0.15) is 5.41 Å². The SMILES string of the molecule is CC(CO)C1(C(N)=O)C=CC(C(N)=O)(c2ccc(Cl)c(-c3ccccn3)c2)C=C1. The van der Waals surface area contributed by atoms with E-state index in [2.05, 4.69) is 4.98 Å². The van der Waals surface area contributed by atoms with Crippen LogP contribution >= 0.6 is 11.6 Å². The second-order valence-electron chi connectivity index (χ2n) is 7.19. The monoisotopic (exact) mass is 411 g/mol. The number of hydrogen-bond donors (Lipinski definition) is 3. The van der Waals surface area contributed by atoms with Gasteiger partial charge in [-0.05, 0) is 29.8 Å². The Morgan fingerprint density at radius 2 is 1.79 bits per heavy atom. The van der Waals surface area contributed by atoms with E-state index < -0.39 is 28.6 Å². The third kappa shape index (κ3) is 3.45. The number of nitrogens with two attached hydrogens (primary N) is 2. The Morgan fingerprint density at radius 3 is 2.31 bits per heavy atom. The van der Waals surface area contributed by atoms with Crippen LogP contribution in [0.5, 0.6) is 0 Å². The van der Waals surface area contributed by atoms with Crippen LogP contribution in [0.2, 0.25) is 5.02 Å². The number of benzene rings is 1. The molecule has 1 unspecified atom stereocenters. The van der Waals surface area contributed by atoms with Gasteiger partial charge in [-0.1, -0.05) is 55.0 Å². The number of aliphatic hydroxyl groups is 1. The van der Waals surface area contributed by atoms with Crippen LogP contribution in [0.4, 0.5) is 0 Å². The number of carbonyl (C=O) groups excluding carboxylic acids is 2. The fourth-order valence-electron chi connectivity index (χ4n) is 3.54. The Labute approximate surface area is 173 Å². The van der Waals surface area contributed by atoms with Crippen LogP contribution in [0.3, 0.4) is 0 Å². The molecule has 150 valence electrons. The van der Waals surface area contributed by atoms with Crippen molar-refractivity contribution in [2.75, 3.05) is 6.61 Å². The minimum absolute atomic E-state index is 0.244. The summed E-state index contributed by atoms with van der Waals surface area (Å²) in [6.07, 6.45) is 7.89. The minimum atomic E-state index is -1.29. The highest BCUT2D eigenvalue weighted by Gasteiger charge is 2.44. The van der Waals surface area contributed by atoms with Crippen molar-refractivity contribution >= 4 is 23.4 Å². The van der Waals surface area contributed by atoms with Crippen LogP contribution in [-0.2, 0) is 15.0 Å². The maximum absolute atomic E-state index is 12.5. The standard InChI is InChI=1S/C22H22ClN3O3/c1-14(13-27)21(19(24)28)7-9-22(10-8-21,20(25)29)15-5-6-17(23)16(12-15)18-4-2-3-11-26-18/h2-12,14,27H,13H2,1H3,(H2,24,28)(H2,25,29). The summed E-state index contributed by atoms with van der Waals surface area (Å²) in [5.74, 6) is -1.70. The molecule has 0 spiro atoms. The van der Waals surface area contributed by atoms with Gasteiger partial charge in [0, 0.05) is 29.3 Å². The molecule has 1 atom stereocenters. The molecule has 29 heavy (non-hydrogen) atoms. The van der Waals surface area contributed by atoms with Crippen molar-refractivity contribution in [1.29, 1.82) is 0 Å². The second kappa shape index (κ2) is 7.81. The van der Waals surface area contributed by atoms with Crippen LogP contribution in [-0.4, -0.2) is 28.5 Å². The molecule has 0 saturated carbocycles. The van der Waals surface area contributed by atoms with Gasteiger partial charge in [-0.3, -0.25) is 14.6 Å². The minimum Gasteiger partial charge on any atom is -0.396 e. The molecule has 1 aliphatic rings. The number of carbonyl (C=O) groups is 2. The molecule has 7 heteroatoms. The molecule has 1 aromatic heterocycles. The summed E-state index contributed by atoms with van der Waals surface area (Å²) >= 11 is 6.36. The summed E-state index contributed by atoms with van der Waals surface area (Å²) in [5.41, 5.74) is 10.8. The second-order valence-corrected chi connectivity index (χ2v) is 7.60. The van der Waals surface area contributed by atoms with Crippen molar-refractivity contribution in [3.63, 3.8) is 0 Å². The predicted octanol–water partition coefficient (Wildman–Crippen LogP) is 2.35. The molecule has 0 bridgehead atoms. The molecule has 1 heterocycles. The molecule has 6 nitrogen and oxygen atoms in total. The summed E-state index contributed by atoms with van der Waals surface area (Å²) in [5, 5.41) is 10.0. The summed E-state index contributed by atoms with van der Waals surface area (Å²) in [7, 11) is 0. The van der Waals surface area contributed by atoms with E-state index in [1.807, 2.05) is 12.1 Å². The Bertz CT molecular complexity index is 988. The lowest BCUT2D eigenvalue weighted by molar-refractivity contribution is -0.126.